The number of nitrogens with zero attached hydrogens (tertiary/aromatic N) is 2. The number of benzene rings is 2. The summed E-state index contributed by atoms with van der Waals surface area (Å²) < 4.78 is 53.8. The van der Waals surface area contributed by atoms with Crippen LogP contribution in [0.15, 0.2) is 54.7 Å². The molecule has 194 valence electrons. The van der Waals surface area contributed by atoms with Gasteiger partial charge < -0.3 is 9.47 Å². The summed E-state index contributed by atoms with van der Waals surface area (Å²) in [5.41, 5.74) is 1.23. The number of Topliss-reactive ketones (excluding diaryl/α,β-unsaturated/α-hetero) is 1. The lowest BCUT2D eigenvalue weighted by molar-refractivity contribution is -0.117. The third-order valence-electron chi connectivity index (χ3n) is 6.01. The van der Waals surface area contributed by atoms with Gasteiger partial charge in [-0.3, -0.25) is 14.7 Å². The standard InChI is InChI=1S/C29H23F3N2O3S/c30-21-5-4-20(24(31)17-21)16-22(35)14-19-3-6-27(25(32)15-19)37-28-7-8-33-26-18-23(38-29(26)28)2-1-9-34-10-12-36-13-11-34/h3-8,15,17-18H,9-14,16H2. The van der Waals surface area contributed by atoms with Gasteiger partial charge in [0.2, 0.25) is 0 Å². The molecule has 0 atom stereocenters. The zero-order chi connectivity index (χ0) is 26.5. The number of hydrogen-bond donors (Lipinski definition) is 0. The smallest absolute Gasteiger partial charge is 0.166 e. The molecule has 3 heterocycles. The zero-order valence-electron chi connectivity index (χ0n) is 20.3. The van der Waals surface area contributed by atoms with E-state index in [1.54, 1.807) is 18.3 Å². The Morgan fingerprint density at radius 2 is 1.84 bits per heavy atom. The lowest BCUT2D eigenvalue weighted by Gasteiger charge is -2.24. The number of fused-ring (bicyclic) bond motifs is 1. The minimum absolute atomic E-state index is 0.00614. The lowest BCUT2D eigenvalue weighted by atomic mass is 10.0. The van der Waals surface area contributed by atoms with Gasteiger partial charge in [-0.1, -0.05) is 24.0 Å². The molecule has 0 radical (unpaired) electrons. The van der Waals surface area contributed by atoms with Crippen LogP contribution in [0.1, 0.15) is 16.0 Å². The van der Waals surface area contributed by atoms with Gasteiger partial charge in [0.1, 0.15) is 23.2 Å². The van der Waals surface area contributed by atoms with Crippen LogP contribution in [0.25, 0.3) is 10.2 Å². The van der Waals surface area contributed by atoms with Gasteiger partial charge in [-0.25, -0.2) is 13.2 Å². The fourth-order valence-corrected chi connectivity index (χ4v) is 5.02. The van der Waals surface area contributed by atoms with Crippen LogP contribution in [-0.4, -0.2) is 48.5 Å². The second-order valence-corrected chi connectivity index (χ2v) is 9.87. The number of pyridine rings is 1. The van der Waals surface area contributed by atoms with Crippen molar-refractivity contribution in [3.05, 3.63) is 88.2 Å². The molecule has 2 aromatic heterocycles. The third kappa shape index (κ3) is 6.40. The minimum atomic E-state index is -0.781. The van der Waals surface area contributed by atoms with Crippen molar-refractivity contribution in [2.75, 3.05) is 32.8 Å². The summed E-state index contributed by atoms with van der Waals surface area (Å²) in [5, 5.41) is 0. The van der Waals surface area contributed by atoms with Crippen molar-refractivity contribution in [2.24, 2.45) is 0 Å². The van der Waals surface area contributed by atoms with Crippen LogP contribution in [-0.2, 0) is 22.4 Å². The number of carbonyl (C=O) groups is 1. The zero-order valence-corrected chi connectivity index (χ0v) is 21.1. The summed E-state index contributed by atoms with van der Waals surface area (Å²) in [7, 11) is 0. The maximum Gasteiger partial charge on any atom is 0.166 e. The summed E-state index contributed by atoms with van der Waals surface area (Å²) in [6, 6.07) is 10.9. The summed E-state index contributed by atoms with van der Waals surface area (Å²) in [6.45, 7) is 3.84. The maximum absolute atomic E-state index is 14.9. The van der Waals surface area contributed by atoms with Crippen molar-refractivity contribution in [3.8, 4) is 23.3 Å². The van der Waals surface area contributed by atoms with Crippen molar-refractivity contribution in [3.63, 3.8) is 0 Å². The molecule has 0 amide bonds. The van der Waals surface area contributed by atoms with E-state index in [-0.39, 0.29) is 29.9 Å². The van der Waals surface area contributed by atoms with E-state index in [2.05, 4.69) is 21.7 Å². The number of halogens is 3. The third-order valence-corrected chi connectivity index (χ3v) is 7.07. The number of carbonyl (C=O) groups excluding carboxylic acids is 1. The molecule has 0 aliphatic carbocycles. The molecule has 5 rings (SSSR count). The van der Waals surface area contributed by atoms with Crippen molar-refractivity contribution in [1.29, 1.82) is 0 Å². The number of thiophene rings is 1. The predicted octanol–water partition coefficient (Wildman–Crippen LogP) is 5.54. The first-order chi connectivity index (χ1) is 18.4. The number of aromatic nitrogens is 1. The van der Waals surface area contributed by atoms with E-state index in [0.717, 1.165) is 48.0 Å². The van der Waals surface area contributed by atoms with Crippen LogP contribution in [0.3, 0.4) is 0 Å². The number of ketones is 1. The van der Waals surface area contributed by atoms with E-state index >= 15 is 0 Å². The Hall–Kier alpha value is -3.71. The SMILES string of the molecule is O=C(Cc1ccc(Oc2ccnc3cc(C#CCN4CCOCC4)sc23)c(F)c1)Cc1ccc(F)cc1F. The molecule has 0 spiro atoms. The molecule has 0 bridgehead atoms. The first-order valence-electron chi connectivity index (χ1n) is 12.0. The highest BCUT2D eigenvalue weighted by Gasteiger charge is 2.15. The van der Waals surface area contributed by atoms with Gasteiger partial charge in [0, 0.05) is 44.3 Å². The number of rotatable bonds is 7. The summed E-state index contributed by atoms with van der Waals surface area (Å²) in [5.74, 6) is 4.39. The molecule has 0 unspecified atom stereocenters. The number of hydrogen-bond acceptors (Lipinski definition) is 6. The van der Waals surface area contributed by atoms with Crippen molar-refractivity contribution in [1.82, 2.24) is 9.88 Å². The van der Waals surface area contributed by atoms with Gasteiger partial charge in [0.25, 0.3) is 0 Å². The van der Waals surface area contributed by atoms with Gasteiger partial charge >= 0.3 is 0 Å². The number of ether oxygens (including phenoxy) is 2. The van der Waals surface area contributed by atoms with E-state index < -0.39 is 17.5 Å². The number of morpholine rings is 1. The Balaban J connectivity index is 1.25. The fourth-order valence-electron chi connectivity index (χ4n) is 4.08. The van der Waals surface area contributed by atoms with E-state index in [0.29, 0.717) is 23.4 Å². The quantitative estimate of drug-likeness (QED) is 0.290. The molecule has 1 aliphatic heterocycles. The molecule has 2 aromatic carbocycles. The van der Waals surface area contributed by atoms with Crippen molar-refractivity contribution in [2.45, 2.75) is 12.8 Å². The fraction of sp³-hybridized carbons (Fsp3) is 0.241. The summed E-state index contributed by atoms with van der Waals surface area (Å²) in [4.78, 5) is 19.8. The van der Waals surface area contributed by atoms with E-state index in [1.807, 2.05) is 6.07 Å². The Morgan fingerprint density at radius 3 is 2.63 bits per heavy atom. The molecule has 38 heavy (non-hydrogen) atoms. The molecule has 4 aromatic rings. The van der Waals surface area contributed by atoms with Gasteiger partial charge in [0.05, 0.1) is 34.9 Å². The Bertz CT molecular complexity index is 1540. The first-order valence-corrected chi connectivity index (χ1v) is 12.9. The molecule has 9 heteroatoms. The second kappa shape index (κ2) is 11.8. The Kier molecular flexibility index (Phi) is 8.03. The highest BCUT2D eigenvalue weighted by atomic mass is 32.1. The highest BCUT2D eigenvalue weighted by Crippen LogP contribution is 2.35. The molecule has 0 N–H and O–H groups in total. The van der Waals surface area contributed by atoms with Gasteiger partial charge in [0.15, 0.2) is 11.6 Å². The monoisotopic (exact) mass is 536 g/mol. The normalized spacial score (nSPS) is 13.8. The topological polar surface area (TPSA) is 51.7 Å². The maximum atomic E-state index is 14.9. The second-order valence-electron chi connectivity index (χ2n) is 8.82. The van der Waals surface area contributed by atoms with Gasteiger partial charge in [-0.15, -0.1) is 11.3 Å². The summed E-state index contributed by atoms with van der Waals surface area (Å²) in [6.07, 6.45) is 1.29. The molecular formula is C29H23F3N2O3S. The largest absolute Gasteiger partial charge is 0.453 e. The van der Waals surface area contributed by atoms with E-state index in [4.69, 9.17) is 9.47 Å². The Morgan fingerprint density at radius 1 is 1.00 bits per heavy atom. The van der Waals surface area contributed by atoms with Crippen LogP contribution in [0.4, 0.5) is 13.2 Å². The average Bonchev–Trinajstić information content (AvgIpc) is 3.32. The first kappa shape index (κ1) is 25.9. The Labute approximate surface area is 221 Å². The molecule has 1 saturated heterocycles. The van der Waals surface area contributed by atoms with E-state index in [9.17, 15) is 18.0 Å². The lowest BCUT2D eigenvalue weighted by Crippen LogP contribution is -2.36. The van der Waals surface area contributed by atoms with Crippen LogP contribution in [0, 0.1) is 29.3 Å². The average molecular weight is 537 g/mol. The van der Waals surface area contributed by atoms with Crippen LogP contribution >= 0.6 is 11.3 Å². The molecule has 0 saturated carbocycles. The van der Waals surface area contributed by atoms with Crippen LogP contribution in [0.5, 0.6) is 11.5 Å². The summed E-state index contributed by atoms with van der Waals surface area (Å²) >= 11 is 1.42. The predicted molar refractivity (Wildman–Crippen MR) is 139 cm³/mol. The molecule has 1 fully saturated rings. The highest BCUT2D eigenvalue weighted by molar-refractivity contribution is 7.19. The molecule has 1 aliphatic rings. The molecule has 5 nitrogen and oxygen atoms in total. The minimum Gasteiger partial charge on any atom is -0.453 e. The van der Waals surface area contributed by atoms with Crippen LogP contribution < -0.4 is 4.74 Å². The van der Waals surface area contributed by atoms with Gasteiger partial charge in [-0.05, 0) is 35.4 Å². The molecular weight excluding hydrogens is 513 g/mol. The van der Waals surface area contributed by atoms with Crippen molar-refractivity contribution >= 4 is 27.3 Å². The van der Waals surface area contributed by atoms with Crippen molar-refractivity contribution < 1.29 is 27.4 Å². The van der Waals surface area contributed by atoms with E-state index in [1.165, 1.54) is 29.5 Å². The van der Waals surface area contributed by atoms with Gasteiger partial charge in [-0.2, -0.15) is 0 Å². The van der Waals surface area contributed by atoms with Crippen LogP contribution in [0.2, 0.25) is 0 Å².